The minimum absolute atomic E-state index is 0.0173. The van der Waals surface area contributed by atoms with Crippen molar-refractivity contribution < 1.29 is 33.3 Å². The Bertz CT molecular complexity index is 1200. The first-order valence-corrected chi connectivity index (χ1v) is 9.83. The molecular formula is C20H21FN6O8. The minimum atomic E-state index is -1.34. The maximum absolute atomic E-state index is 14.0. The van der Waals surface area contributed by atoms with Crippen molar-refractivity contribution in [2.45, 2.75) is 26.3 Å². The van der Waals surface area contributed by atoms with Crippen LogP contribution in [0, 0.1) is 26.0 Å². The molecule has 2 aromatic carbocycles. The Hall–Kier alpha value is -4.69. The minimum Gasteiger partial charge on any atom is -0.495 e. The lowest BCUT2D eigenvalue weighted by atomic mass is 10.1. The molecule has 0 radical (unpaired) electrons. The number of hydrogen-bond donors (Lipinski definition) is 2. The summed E-state index contributed by atoms with van der Waals surface area (Å²) in [5.41, 5.74) is -2.05. The van der Waals surface area contributed by atoms with Crippen molar-refractivity contribution in [3.05, 3.63) is 50.3 Å². The molecule has 0 heterocycles. The fraction of sp³-hybridized carbons (Fsp3) is 0.300. The van der Waals surface area contributed by atoms with E-state index in [4.69, 9.17) is 4.74 Å². The molecule has 0 aromatic heterocycles. The average Bonchev–Trinajstić information content (AvgIpc) is 2.77. The molecule has 2 rings (SSSR count). The Kier molecular flexibility index (Phi) is 8.68. The first-order valence-electron chi connectivity index (χ1n) is 9.83. The largest absolute Gasteiger partial charge is 0.495 e. The van der Waals surface area contributed by atoms with Crippen molar-refractivity contribution in [1.29, 1.82) is 0 Å². The number of halogens is 1. The summed E-state index contributed by atoms with van der Waals surface area (Å²) in [6.07, 6.45) is 0.0337. The van der Waals surface area contributed by atoms with Gasteiger partial charge in [0.2, 0.25) is 11.7 Å². The SMILES string of the molecule is COC(=O)CC(C)Nc1cc(NC(C)=O)c(N=Nc2cc(F)c([N+](=O)[O-])cc2[N+](=O)[O-])cc1OC. The number of nitro groups is 2. The topological polar surface area (TPSA) is 188 Å². The van der Waals surface area contributed by atoms with E-state index in [-0.39, 0.29) is 29.6 Å². The number of carbonyl (C=O) groups excluding carboxylic acids is 2. The van der Waals surface area contributed by atoms with E-state index in [0.717, 1.165) is 0 Å². The van der Waals surface area contributed by atoms with Gasteiger partial charge >= 0.3 is 17.3 Å². The quantitative estimate of drug-likeness (QED) is 0.210. The molecule has 15 heteroatoms. The third-order valence-corrected chi connectivity index (χ3v) is 4.43. The summed E-state index contributed by atoms with van der Waals surface area (Å²) in [5, 5.41) is 35.3. The zero-order valence-corrected chi connectivity index (χ0v) is 19.0. The van der Waals surface area contributed by atoms with E-state index < -0.39 is 44.6 Å². The molecule has 14 nitrogen and oxygen atoms in total. The third kappa shape index (κ3) is 6.89. The number of methoxy groups -OCH3 is 2. The standard InChI is InChI=1S/C20H21FN6O8/c1-10(5-20(29)35-4)22-16-7-13(23-11(2)28)14(8-19(16)34-3)24-25-15-6-12(21)17(26(30)31)9-18(15)27(32)33/h6-10,22H,5H2,1-4H3,(H,23,28). The summed E-state index contributed by atoms with van der Waals surface area (Å²) in [6.45, 7) is 2.94. The summed E-state index contributed by atoms with van der Waals surface area (Å²) in [5.74, 6) is -2.05. The number of benzene rings is 2. The molecule has 2 aromatic rings. The number of amides is 1. The smallest absolute Gasteiger partial charge is 0.311 e. The molecule has 1 unspecified atom stereocenters. The van der Waals surface area contributed by atoms with E-state index in [1.165, 1.54) is 33.3 Å². The van der Waals surface area contributed by atoms with Gasteiger partial charge in [-0.2, -0.15) is 4.39 Å². The lowest BCUT2D eigenvalue weighted by Crippen LogP contribution is -2.20. The van der Waals surface area contributed by atoms with Crippen LogP contribution in [0.5, 0.6) is 5.75 Å². The van der Waals surface area contributed by atoms with Crippen LogP contribution in [0.4, 0.5) is 38.5 Å². The second kappa shape index (κ2) is 11.4. The number of carbonyl (C=O) groups is 2. The first kappa shape index (κ1) is 26.6. The van der Waals surface area contributed by atoms with Crippen LogP contribution in [0.3, 0.4) is 0 Å². The van der Waals surface area contributed by atoms with Crippen LogP contribution in [0.2, 0.25) is 0 Å². The van der Waals surface area contributed by atoms with Crippen LogP contribution in [0.1, 0.15) is 20.3 Å². The molecule has 0 bridgehead atoms. The Balaban J connectivity index is 2.54. The molecule has 35 heavy (non-hydrogen) atoms. The average molecular weight is 492 g/mol. The number of azo groups is 1. The van der Waals surface area contributed by atoms with Crippen LogP contribution < -0.4 is 15.4 Å². The molecule has 0 aliphatic rings. The van der Waals surface area contributed by atoms with Gasteiger partial charge in [0.15, 0.2) is 5.69 Å². The molecule has 0 fully saturated rings. The van der Waals surface area contributed by atoms with E-state index in [1.807, 2.05) is 0 Å². The number of nitro benzene ring substituents is 2. The van der Waals surface area contributed by atoms with Crippen molar-refractivity contribution in [1.82, 2.24) is 0 Å². The van der Waals surface area contributed by atoms with Gasteiger partial charge in [-0.1, -0.05) is 0 Å². The van der Waals surface area contributed by atoms with Gasteiger partial charge < -0.3 is 20.1 Å². The maximum Gasteiger partial charge on any atom is 0.311 e. The molecule has 0 saturated carbocycles. The number of rotatable bonds is 10. The van der Waals surface area contributed by atoms with E-state index >= 15 is 0 Å². The molecule has 0 aliphatic heterocycles. The van der Waals surface area contributed by atoms with Crippen molar-refractivity contribution in [2.24, 2.45) is 10.2 Å². The molecular weight excluding hydrogens is 471 g/mol. The van der Waals surface area contributed by atoms with Gasteiger partial charge in [-0.15, -0.1) is 10.2 Å². The molecule has 1 amide bonds. The number of nitrogens with one attached hydrogen (secondary N) is 2. The highest BCUT2D eigenvalue weighted by Gasteiger charge is 2.25. The molecule has 0 saturated heterocycles. The number of ether oxygens (including phenoxy) is 2. The highest BCUT2D eigenvalue weighted by Crippen LogP contribution is 2.40. The van der Waals surface area contributed by atoms with Gasteiger partial charge in [0, 0.05) is 25.1 Å². The van der Waals surface area contributed by atoms with E-state index in [9.17, 15) is 34.2 Å². The van der Waals surface area contributed by atoms with Gasteiger partial charge in [-0.25, -0.2) is 0 Å². The van der Waals surface area contributed by atoms with Gasteiger partial charge in [-0.3, -0.25) is 29.8 Å². The zero-order valence-electron chi connectivity index (χ0n) is 19.0. The molecule has 2 N–H and O–H groups in total. The highest BCUT2D eigenvalue weighted by molar-refractivity contribution is 5.93. The highest BCUT2D eigenvalue weighted by atomic mass is 19.1. The lowest BCUT2D eigenvalue weighted by Gasteiger charge is -2.18. The molecule has 1 atom stereocenters. The molecule has 186 valence electrons. The molecule has 0 spiro atoms. The molecule has 0 aliphatic carbocycles. The second-order valence-corrected chi connectivity index (χ2v) is 7.08. The van der Waals surface area contributed by atoms with Crippen LogP contribution in [0.15, 0.2) is 34.5 Å². The number of hydrogen-bond acceptors (Lipinski definition) is 11. The van der Waals surface area contributed by atoms with E-state index in [0.29, 0.717) is 17.8 Å². The number of anilines is 2. The number of nitrogens with zero attached hydrogens (tertiary/aromatic N) is 4. The van der Waals surface area contributed by atoms with Crippen LogP contribution in [0.25, 0.3) is 0 Å². The summed E-state index contributed by atoms with van der Waals surface area (Å²) >= 11 is 0. The first-order chi connectivity index (χ1) is 16.5. The van der Waals surface area contributed by atoms with Crippen molar-refractivity contribution in [3.63, 3.8) is 0 Å². The Morgan fingerprint density at radius 2 is 1.66 bits per heavy atom. The monoisotopic (exact) mass is 492 g/mol. The van der Waals surface area contributed by atoms with E-state index in [2.05, 4.69) is 25.6 Å². The van der Waals surface area contributed by atoms with Crippen molar-refractivity contribution in [2.75, 3.05) is 24.9 Å². The normalized spacial score (nSPS) is 11.6. The summed E-state index contributed by atoms with van der Waals surface area (Å²) in [4.78, 5) is 43.4. The fourth-order valence-corrected chi connectivity index (χ4v) is 2.89. The van der Waals surface area contributed by atoms with Crippen molar-refractivity contribution >= 4 is 46.0 Å². The third-order valence-electron chi connectivity index (χ3n) is 4.43. The Labute approximate surface area is 197 Å². The van der Waals surface area contributed by atoms with Crippen molar-refractivity contribution in [3.8, 4) is 5.75 Å². The summed E-state index contributed by atoms with van der Waals surface area (Å²) < 4.78 is 24.0. The van der Waals surface area contributed by atoms with Gasteiger partial charge in [0.1, 0.15) is 11.4 Å². The lowest BCUT2D eigenvalue weighted by molar-refractivity contribution is -0.395. The summed E-state index contributed by atoms with van der Waals surface area (Å²) in [7, 11) is 2.60. The number of esters is 1. The van der Waals surface area contributed by atoms with Crippen LogP contribution >= 0.6 is 0 Å². The van der Waals surface area contributed by atoms with Gasteiger partial charge in [0.05, 0.1) is 47.9 Å². The predicted octanol–water partition coefficient (Wildman–Crippen LogP) is 4.39. The Morgan fingerprint density at radius 3 is 2.20 bits per heavy atom. The van der Waals surface area contributed by atoms with Crippen LogP contribution in [-0.4, -0.2) is 42.0 Å². The van der Waals surface area contributed by atoms with E-state index in [1.54, 1.807) is 6.92 Å². The van der Waals surface area contributed by atoms with Gasteiger partial charge in [-0.05, 0) is 13.0 Å². The zero-order chi connectivity index (χ0) is 26.3. The van der Waals surface area contributed by atoms with Gasteiger partial charge in [0.25, 0.3) is 0 Å². The van der Waals surface area contributed by atoms with Crippen LogP contribution in [-0.2, 0) is 14.3 Å². The maximum atomic E-state index is 14.0. The second-order valence-electron chi connectivity index (χ2n) is 7.08. The Morgan fingerprint density at radius 1 is 1.03 bits per heavy atom. The summed E-state index contributed by atoms with van der Waals surface area (Å²) in [6, 6.07) is 3.34. The fourth-order valence-electron chi connectivity index (χ4n) is 2.89. The predicted molar refractivity (Wildman–Crippen MR) is 121 cm³/mol.